The molecule has 0 unspecified atom stereocenters. The lowest BCUT2D eigenvalue weighted by atomic mass is 10.2. The minimum Gasteiger partial charge on any atom is -0.469 e. The maximum absolute atomic E-state index is 11.1. The third-order valence-electron chi connectivity index (χ3n) is 4.33. The molecule has 0 aliphatic carbocycles. The van der Waals surface area contributed by atoms with Crippen molar-refractivity contribution in [2.24, 2.45) is 4.99 Å². The summed E-state index contributed by atoms with van der Waals surface area (Å²) in [4.78, 5) is 20.3. The second-order valence-corrected chi connectivity index (χ2v) is 6.37. The number of carbonyl (C=O) groups excluding carboxylic acids is 1. The Balaban J connectivity index is 1.77. The molecule has 1 heterocycles. The van der Waals surface area contributed by atoms with Crippen molar-refractivity contribution in [1.82, 2.24) is 20.2 Å². The topological polar surface area (TPSA) is 80.5 Å². The number of hydrogen-bond donors (Lipinski definition) is 2. The average molecular weight is 374 g/mol. The number of nitrogens with one attached hydrogen (secondary N) is 2. The van der Waals surface area contributed by atoms with Crippen molar-refractivity contribution in [2.45, 2.75) is 46.1 Å². The van der Waals surface area contributed by atoms with Crippen LogP contribution in [-0.4, -0.2) is 48.2 Å². The van der Waals surface area contributed by atoms with Crippen LogP contribution in [0.2, 0.25) is 0 Å². The summed E-state index contributed by atoms with van der Waals surface area (Å²) in [6, 6.07) is 8.22. The first kappa shape index (κ1) is 20.7. The zero-order valence-electron chi connectivity index (χ0n) is 16.6. The average Bonchev–Trinajstić information content (AvgIpc) is 2.99. The van der Waals surface area contributed by atoms with Crippen LogP contribution < -0.4 is 10.6 Å². The molecule has 0 bridgehead atoms. The van der Waals surface area contributed by atoms with Gasteiger partial charge in [0.25, 0.3) is 0 Å². The smallest absolute Gasteiger partial charge is 0.305 e. The highest BCUT2D eigenvalue weighted by molar-refractivity contribution is 5.79. The summed E-state index contributed by atoms with van der Waals surface area (Å²) >= 11 is 0. The molecule has 0 aliphatic heterocycles. The molecule has 0 saturated carbocycles. The molecule has 1 aromatic heterocycles. The van der Waals surface area contributed by atoms with Gasteiger partial charge in [-0.25, -0.2) is 4.98 Å². The van der Waals surface area contributed by atoms with E-state index in [1.54, 1.807) is 0 Å². The Morgan fingerprint density at radius 2 is 2.04 bits per heavy atom. The van der Waals surface area contributed by atoms with Gasteiger partial charge < -0.3 is 19.9 Å². The number of ether oxygens (including phenoxy) is 1. The summed E-state index contributed by atoms with van der Waals surface area (Å²) in [5.74, 6) is 1.71. The molecule has 27 heavy (non-hydrogen) atoms. The number of benzene rings is 1. The number of esters is 1. The van der Waals surface area contributed by atoms with Crippen LogP contribution in [0.4, 0.5) is 0 Å². The van der Waals surface area contributed by atoms with Crippen LogP contribution in [0, 0.1) is 6.92 Å². The Labute approximate surface area is 161 Å². The van der Waals surface area contributed by atoms with Crippen molar-refractivity contribution in [2.75, 3.05) is 26.7 Å². The van der Waals surface area contributed by atoms with Crippen LogP contribution in [0.15, 0.2) is 29.3 Å². The van der Waals surface area contributed by atoms with E-state index in [9.17, 15) is 4.79 Å². The van der Waals surface area contributed by atoms with Crippen molar-refractivity contribution >= 4 is 23.0 Å². The van der Waals surface area contributed by atoms with Gasteiger partial charge in [0, 0.05) is 32.6 Å². The molecule has 0 atom stereocenters. The quantitative estimate of drug-likeness (QED) is 0.290. The van der Waals surface area contributed by atoms with E-state index >= 15 is 0 Å². The Hall–Kier alpha value is -2.57. The van der Waals surface area contributed by atoms with Crippen LogP contribution in [0.5, 0.6) is 0 Å². The number of nitrogens with zero attached hydrogens (tertiary/aromatic N) is 3. The molecule has 2 aromatic rings. The van der Waals surface area contributed by atoms with Gasteiger partial charge in [-0.15, -0.1) is 0 Å². The van der Waals surface area contributed by atoms with Gasteiger partial charge >= 0.3 is 5.97 Å². The lowest BCUT2D eigenvalue weighted by Gasteiger charge is -2.11. The maximum atomic E-state index is 11.1. The predicted molar refractivity (Wildman–Crippen MR) is 109 cm³/mol. The monoisotopic (exact) mass is 373 g/mol. The highest BCUT2D eigenvalue weighted by Crippen LogP contribution is 2.15. The van der Waals surface area contributed by atoms with Gasteiger partial charge in [-0.3, -0.25) is 9.79 Å². The second-order valence-electron chi connectivity index (χ2n) is 6.37. The fourth-order valence-electron chi connectivity index (χ4n) is 2.94. The lowest BCUT2D eigenvalue weighted by Crippen LogP contribution is -2.37. The van der Waals surface area contributed by atoms with E-state index in [4.69, 9.17) is 0 Å². The number of hydrogen-bond acceptors (Lipinski definition) is 4. The Bertz CT molecular complexity index is 754. The molecule has 2 rings (SSSR count). The van der Waals surface area contributed by atoms with Crippen LogP contribution in [0.25, 0.3) is 11.0 Å². The molecule has 0 saturated heterocycles. The number of methoxy groups -OCH3 is 1. The summed E-state index contributed by atoms with van der Waals surface area (Å²) in [7, 11) is 1.42. The van der Waals surface area contributed by atoms with Crippen molar-refractivity contribution in [3.63, 3.8) is 0 Å². The number of fused-ring (bicyclic) bond motifs is 1. The fraction of sp³-hybridized carbons (Fsp3) is 0.550. The molecule has 7 nitrogen and oxygen atoms in total. The Kier molecular flexibility index (Phi) is 8.61. The Morgan fingerprint density at radius 1 is 1.22 bits per heavy atom. The van der Waals surface area contributed by atoms with Crippen molar-refractivity contribution < 1.29 is 9.53 Å². The molecule has 0 amide bonds. The molecular weight excluding hydrogens is 342 g/mol. The van der Waals surface area contributed by atoms with E-state index in [0.717, 1.165) is 62.7 Å². The van der Waals surface area contributed by atoms with E-state index in [0.29, 0.717) is 6.42 Å². The highest BCUT2D eigenvalue weighted by Gasteiger charge is 2.06. The summed E-state index contributed by atoms with van der Waals surface area (Å²) in [5, 5.41) is 6.57. The summed E-state index contributed by atoms with van der Waals surface area (Å²) in [6.45, 7) is 7.34. The summed E-state index contributed by atoms with van der Waals surface area (Å²) < 4.78 is 6.89. The van der Waals surface area contributed by atoms with E-state index in [2.05, 4.69) is 42.9 Å². The zero-order chi connectivity index (χ0) is 19.5. The fourth-order valence-corrected chi connectivity index (χ4v) is 2.94. The number of para-hydroxylation sites is 2. The van der Waals surface area contributed by atoms with Gasteiger partial charge in [-0.1, -0.05) is 12.1 Å². The van der Waals surface area contributed by atoms with Crippen LogP contribution in [0.1, 0.15) is 38.4 Å². The van der Waals surface area contributed by atoms with Gasteiger partial charge in [0.05, 0.1) is 18.1 Å². The van der Waals surface area contributed by atoms with Gasteiger partial charge in [-0.05, 0) is 45.2 Å². The Morgan fingerprint density at radius 3 is 2.81 bits per heavy atom. The van der Waals surface area contributed by atoms with Crippen LogP contribution in [0.3, 0.4) is 0 Å². The van der Waals surface area contributed by atoms with E-state index in [1.807, 2.05) is 25.1 Å². The predicted octanol–water partition coefficient (Wildman–Crippen LogP) is 2.63. The zero-order valence-corrected chi connectivity index (χ0v) is 16.6. The molecule has 0 fully saturated rings. The number of aromatic nitrogens is 2. The van der Waals surface area contributed by atoms with E-state index in [-0.39, 0.29) is 5.97 Å². The van der Waals surface area contributed by atoms with E-state index in [1.165, 1.54) is 12.6 Å². The SMILES string of the molecule is CCNC(=NCCCn1c(C)nc2ccccc21)NCCCCC(=O)OC. The molecule has 0 radical (unpaired) electrons. The van der Waals surface area contributed by atoms with E-state index < -0.39 is 0 Å². The number of carbonyl (C=O) groups is 1. The minimum absolute atomic E-state index is 0.155. The number of rotatable bonds is 10. The third-order valence-corrected chi connectivity index (χ3v) is 4.33. The molecule has 0 aliphatic rings. The first-order valence-electron chi connectivity index (χ1n) is 9.66. The molecule has 2 N–H and O–H groups in total. The molecule has 7 heteroatoms. The number of unbranched alkanes of at least 4 members (excludes halogenated alkanes) is 1. The van der Waals surface area contributed by atoms with Crippen molar-refractivity contribution in [1.29, 1.82) is 0 Å². The number of aryl methyl sites for hydroxylation is 2. The minimum atomic E-state index is -0.155. The number of aliphatic imine (C=N–C) groups is 1. The van der Waals surface area contributed by atoms with Gasteiger partial charge in [0.2, 0.25) is 0 Å². The first-order chi connectivity index (χ1) is 13.2. The molecule has 148 valence electrons. The number of guanidine groups is 1. The standard InChI is InChI=1S/C20H31N5O2/c1-4-21-20(22-13-8-7-12-19(26)27-3)23-14-9-15-25-16(2)24-17-10-5-6-11-18(17)25/h5-6,10-11H,4,7-9,12-15H2,1-3H3,(H2,21,22,23). The first-order valence-corrected chi connectivity index (χ1v) is 9.66. The van der Waals surface area contributed by atoms with Gasteiger partial charge in [-0.2, -0.15) is 0 Å². The summed E-state index contributed by atoms with van der Waals surface area (Å²) in [6.07, 6.45) is 3.12. The maximum Gasteiger partial charge on any atom is 0.305 e. The molecular formula is C20H31N5O2. The highest BCUT2D eigenvalue weighted by atomic mass is 16.5. The largest absolute Gasteiger partial charge is 0.469 e. The normalized spacial score (nSPS) is 11.6. The van der Waals surface area contributed by atoms with Crippen molar-refractivity contribution in [3.05, 3.63) is 30.1 Å². The molecule has 1 aromatic carbocycles. The number of imidazole rings is 1. The molecule has 0 spiro atoms. The summed E-state index contributed by atoms with van der Waals surface area (Å²) in [5.41, 5.74) is 2.22. The van der Waals surface area contributed by atoms with Gasteiger partial charge in [0.1, 0.15) is 5.82 Å². The van der Waals surface area contributed by atoms with Crippen molar-refractivity contribution in [3.8, 4) is 0 Å². The van der Waals surface area contributed by atoms with Crippen LogP contribution >= 0.6 is 0 Å². The van der Waals surface area contributed by atoms with Gasteiger partial charge in [0.15, 0.2) is 5.96 Å². The van der Waals surface area contributed by atoms with Crippen LogP contribution in [-0.2, 0) is 16.1 Å². The second kappa shape index (κ2) is 11.2. The lowest BCUT2D eigenvalue weighted by molar-refractivity contribution is -0.140. The third kappa shape index (κ3) is 6.58.